The van der Waals surface area contributed by atoms with Gasteiger partial charge in [-0.15, -0.1) is 0 Å². The van der Waals surface area contributed by atoms with E-state index in [4.69, 9.17) is 9.47 Å². The number of ether oxygens (including phenoxy) is 2. The lowest BCUT2D eigenvalue weighted by Crippen LogP contribution is -2.33. The highest BCUT2D eigenvalue weighted by Gasteiger charge is 2.15. The molecular weight excluding hydrogens is 294 g/mol. The number of carbonyl (C=O) groups is 2. The fourth-order valence-electron chi connectivity index (χ4n) is 2.11. The molecule has 0 bridgehead atoms. The Morgan fingerprint density at radius 3 is 2.35 bits per heavy atom. The SMILES string of the molecule is CCCCCCOc1ccc(C(=O)N(C)CC(=O)OCC)cc1. The van der Waals surface area contributed by atoms with Gasteiger partial charge < -0.3 is 14.4 Å². The van der Waals surface area contributed by atoms with Crippen LogP contribution in [0, 0.1) is 0 Å². The maximum Gasteiger partial charge on any atom is 0.325 e. The fraction of sp³-hybridized carbons (Fsp3) is 0.556. The molecule has 0 spiro atoms. The molecule has 1 aromatic carbocycles. The van der Waals surface area contributed by atoms with Gasteiger partial charge in [0.15, 0.2) is 0 Å². The molecule has 0 aliphatic carbocycles. The van der Waals surface area contributed by atoms with Gasteiger partial charge in [0, 0.05) is 12.6 Å². The first-order valence-corrected chi connectivity index (χ1v) is 8.22. The average Bonchev–Trinajstić information content (AvgIpc) is 2.54. The number of rotatable bonds is 10. The summed E-state index contributed by atoms with van der Waals surface area (Å²) in [6, 6.07) is 6.99. The van der Waals surface area contributed by atoms with E-state index in [1.807, 2.05) is 0 Å². The van der Waals surface area contributed by atoms with Crippen LogP contribution >= 0.6 is 0 Å². The van der Waals surface area contributed by atoms with E-state index in [2.05, 4.69) is 6.92 Å². The third-order valence-corrected chi connectivity index (χ3v) is 3.39. The topological polar surface area (TPSA) is 55.8 Å². The predicted octanol–water partition coefficient (Wildman–Crippen LogP) is 3.28. The van der Waals surface area contributed by atoms with Gasteiger partial charge in [0.1, 0.15) is 12.3 Å². The van der Waals surface area contributed by atoms with Gasteiger partial charge in [0.2, 0.25) is 0 Å². The van der Waals surface area contributed by atoms with E-state index in [0.29, 0.717) is 18.8 Å². The van der Waals surface area contributed by atoms with E-state index in [9.17, 15) is 9.59 Å². The van der Waals surface area contributed by atoms with Gasteiger partial charge in [-0.25, -0.2) is 0 Å². The summed E-state index contributed by atoms with van der Waals surface area (Å²) in [7, 11) is 1.58. The van der Waals surface area contributed by atoms with Crippen LogP contribution in [-0.2, 0) is 9.53 Å². The molecule has 0 N–H and O–H groups in total. The van der Waals surface area contributed by atoms with Crippen LogP contribution in [0.2, 0.25) is 0 Å². The van der Waals surface area contributed by atoms with Crippen molar-refractivity contribution in [3.63, 3.8) is 0 Å². The van der Waals surface area contributed by atoms with Crippen molar-refractivity contribution in [3.8, 4) is 5.75 Å². The summed E-state index contributed by atoms with van der Waals surface area (Å²) in [5, 5.41) is 0. The molecule has 5 heteroatoms. The largest absolute Gasteiger partial charge is 0.494 e. The maximum absolute atomic E-state index is 12.2. The molecule has 0 fully saturated rings. The Hall–Kier alpha value is -2.04. The minimum atomic E-state index is -0.407. The van der Waals surface area contributed by atoms with Crippen LogP contribution in [0.3, 0.4) is 0 Å². The molecule has 1 aromatic rings. The van der Waals surface area contributed by atoms with Gasteiger partial charge in [-0.05, 0) is 37.6 Å². The monoisotopic (exact) mass is 321 g/mol. The van der Waals surface area contributed by atoms with Crippen LogP contribution in [0.5, 0.6) is 5.75 Å². The van der Waals surface area contributed by atoms with Crippen molar-refractivity contribution in [1.82, 2.24) is 4.90 Å². The normalized spacial score (nSPS) is 10.2. The smallest absolute Gasteiger partial charge is 0.325 e. The summed E-state index contributed by atoms with van der Waals surface area (Å²) >= 11 is 0. The first-order chi connectivity index (χ1) is 11.1. The zero-order valence-corrected chi connectivity index (χ0v) is 14.3. The molecule has 0 saturated heterocycles. The number of esters is 1. The maximum atomic E-state index is 12.2. The van der Waals surface area contributed by atoms with Gasteiger partial charge in [-0.3, -0.25) is 9.59 Å². The number of hydrogen-bond donors (Lipinski definition) is 0. The minimum Gasteiger partial charge on any atom is -0.494 e. The van der Waals surface area contributed by atoms with Crippen LogP contribution in [0.4, 0.5) is 0 Å². The first-order valence-electron chi connectivity index (χ1n) is 8.22. The van der Waals surface area contributed by atoms with E-state index in [-0.39, 0.29) is 12.5 Å². The van der Waals surface area contributed by atoms with Crippen molar-refractivity contribution in [1.29, 1.82) is 0 Å². The number of unbranched alkanes of at least 4 members (excludes halogenated alkanes) is 3. The summed E-state index contributed by atoms with van der Waals surface area (Å²) < 4.78 is 10.5. The Labute approximate surface area is 138 Å². The number of benzene rings is 1. The Morgan fingerprint density at radius 2 is 1.74 bits per heavy atom. The molecule has 0 aliphatic heterocycles. The second-order valence-corrected chi connectivity index (χ2v) is 5.40. The molecule has 0 aliphatic rings. The summed E-state index contributed by atoms with van der Waals surface area (Å²) in [5.41, 5.74) is 0.523. The van der Waals surface area contributed by atoms with Crippen LogP contribution in [0.25, 0.3) is 0 Å². The molecule has 0 radical (unpaired) electrons. The molecule has 0 aromatic heterocycles. The quantitative estimate of drug-likeness (QED) is 0.490. The molecule has 1 rings (SSSR count). The highest BCUT2D eigenvalue weighted by Crippen LogP contribution is 2.14. The minimum absolute atomic E-state index is 0.0532. The lowest BCUT2D eigenvalue weighted by molar-refractivity contribution is -0.143. The van der Waals surface area contributed by atoms with Crippen molar-refractivity contribution in [2.24, 2.45) is 0 Å². The third-order valence-electron chi connectivity index (χ3n) is 3.39. The Balaban J connectivity index is 2.45. The van der Waals surface area contributed by atoms with Crippen molar-refractivity contribution < 1.29 is 19.1 Å². The molecule has 23 heavy (non-hydrogen) atoms. The van der Waals surface area contributed by atoms with Gasteiger partial charge in [-0.2, -0.15) is 0 Å². The van der Waals surface area contributed by atoms with Gasteiger partial charge in [0.25, 0.3) is 5.91 Å². The molecule has 0 heterocycles. The highest BCUT2D eigenvalue weighted by molar-refractivity contribution is 5.95. The summed E-state index contributed by atoms with van der Waals surface area (Å²) in [5.74, 6) is 0.133. The zero-order valence-electron chi connectivity index (χ0n) is 14.3. The lowest BCUT2D eigenvalue weighted by atomic mass is 10.2. The van der Waals surface area contributed by atoms with Crippen molar-refractivity contribution in [2.45, 2.75) is 39.5 Å². The van der Waals surface area contributed by atoms with E-state index in [0.717, 1.165) is 12.2 Å². The van der Waals surface area contributed by atoms with Crippen molar-refractivity contribution >= 4 is 11.9 Å². The number of carbonyl (C=O) groups excluding carboxylic acids is 2. The second-order valence-electron chi connectivity index (χ2n) is 5.40. The summed E-state index contributed by atoms with van der Waals surface area (Å²) in [6.45, 7) is 4.86. The van der Waals surface area contributed by atoms with E-state index in [1.165, 1.54) is 24.2 Å². The van der Waals surface area contributed by atoms with Gasteiger partial charge in [0.05, 0.1) is 13.2 Å². The third kappa shape index (κ3) is 7.17. The molecule has 128 valence electrons. The summed E-state index contributed by atoms with van der Waals surface area (Å²) in [4.78, 5) is 25.0. The molecule has 0 atom stereocenters. The van der Waals surface area contributed by atoms with Crippen LogP contribution in [0.1, 0.15) is 49.9 Å². The first kappa shape index (κ1) is 19.0. The van der Waals surface area contributed by atoms with E-state index >= 15 is 0 Å². The number of hydrogen-bond acceptors (Lipinski definition) is 4. The van der Waals surface area contributed by atoms with Crippen molar-refractivity contribution in [2.75, 3.05) is 26.8 Å². The van der Waals surface area contributed by atoms with Gasteiger partial charge in [-0.1, -0.05) is 26.2 Å². The molecule has 0 saturated carbocycles. The molecule has 0 unspecified atom stereocenters. The molecule has 5 nitrogen and oxygen atoms in total. The van der Waals surface area contributed by atoms with Gasteiger partial charge >= 0.3 is 5.97 Å². The van der Waals surface area contributed by atoms with Crippen LogP contribution in [0.15, 0.2) is 24.3 Å². The Kier molecular flexibility index (Phi) is 8.80. The van der Waals surface area contributed by atoms with Crippen LogP contribution < -0.4 is 4.74 Å². The zero-order chi connectivity index (χ0) is 17.1. The fourth-order valence-corrected chi connectivity index (χ4v) is 2.11. The Bertz CT molecular complexity index is 484. The summed E-state index contributed by atoms with van der Waals surface area (Å²) in [6.07, 6.45) is 4.64. The van der Waals surface area contributed by atoms with Crippen molar-refractivity contribution in [3.05, 3.63) is 29.8 Å². The predicted molar refractivity (Wildman–Crippen MR) is 89.7 cm³/mol. The van der Waals surface area contributed by atoms with E-state index < -0.39 is 5.97 Å². The average molecular weight is 321 g/mol. The Morgan fingerprint density at radius 1 is 1.04 bits per heavy atom. The second kappa shape index (κ2) is 10.6. The molecular formula is C18H27NO4. The van der Waals surface area contributed by atoms with E-state index in [1.54, 1.807) is 38.2 Å². The standard InChI is InChI=1S/C18H27NO4/c1-4-6-7-8-13-23-16-11-9-15(10-12-16)18(21)19(3)14-17(20)22-5-2/h9-12H,4-8,13-14H2,1-3H3. The molecule has 1 amide bonds. The number of likely N-dealkylation sites (N-methyl/N-ethyl adjacent to an activating group) is 1. The number of nitrogens with zero attached hydrogens (tertiary/aromatic N) is 1. The number of amides is 1. The lowest BCUT2D eigenvalue weighted by Gasteiger charge is -2.16. The highest BCUT2D eigenvalue weighted by atomic mass is 16.5. The van der Waals surface area contributed by atoms with Crippen LogP contribution in [-0.4, -0.2) is 43.6 Å².